The second-order valence-electron chi connectivity index (χ2n) is 5.47. The lowest BCUT2D eigenvalue weighted by atomic mass is 10.1. The highest BCUT2D eigenvalue weighted by Crippen LogP contribution is 2.16. The highest BCUT2D eigenvalue weighted by Gasteiger charge is 2.09. The first-order valence-corrected chi connectivity index (χ1v) is 7.82. The first-order valence-electron chi connectivity index (χ1n) is 7.82. The Morgan fingerprint density at radius 1 is 1.04 bits per heavy atom. The molecule has 0 aliphatic heterocycles. The second kappa shape index (κ2) is 7.40. The molecule has 25 heavy (non-hydrogen) atoms. The number of amides is 1. The fourth-order valence-corrected chi connectivity index (χ4v) is 2.44. The Bertz CT molecular complexity index is 910. The van der Waals surface area contributed by atoms with E-state index in [-0.39, 0.29) is 11.7 Å². The number of nitrogens with zero attached hydrogens (tertiary/aromatic N) is 2. The van der Waals surface area contributed by atoms with Gasteiger partial charge in [-0.05, 0) is 42.0 Å². The van der Waals surface area contributed by atoms with Crippen LogP contribution in [-0.2, 0) is 4.79 Å². The number of carbonyl (C=O) groups is 2. The van der Waals surface area contributed by atoms with Gasteiger partial charge in [-0.1, -0.05) is 30.3 Å². The number of aromatic nitrogens is 2. The summed E-state index contributed by atoms with van der Waals surface area (Å²) in [5.74, 6) is -0.217. The van der Waals surface area contributed by atoms with Gasteiger partial charge in [0, 0.05) is 30.6 Å². The average Bonchev–Trinajstić information content (AvgIpc) is 3.15. The second-order valence-corrected chi connectivity index (χ2v) is 5.47. The Hall–Kier alpha value is -3.47. The molecule has 1 amide bonds. The van der Waals surface area contributed by atoms with Gasteiger partial charge in [-0.2, -0.15) is 5.10 Å². The van der Waals surface area contributed by atoms with Crippen LogP contribution in [0.25, 0.3) is 11.8 Å². The minimum Gasteiger partial charge on any atom is -0.326 e. The Morgan fingerprint density at radius 2 is 1.80 bits per heavy atom. The molecule has 1 N–H and O–H groups in total. The van der Waals surface area contributed by atoms with Gasteiger partial charge in [0.2, 0.25) is 5.91 Å². The van der Waals surface area contributed by atoms with Gasteiger partial charge in [0.1, 0.15) is 0 Å². The van der Waals surface area contributed by atoms with E-state index in [0.717, 1.165) is 16.9 Å². The maximum absolute atomic E-state index is 12.6. The van der Waals surface area contributed by atoms with Gasteiger partial charge >= 0.3 is 0 Å². The topological polar surface area (TPSA) is 64.0 Å². The molecular formula is C20H17N3O2. The summed E-state index contributed by atoms with van der Waals surface area (Å²) in [7, 11) is 0. The molecule has 124 valence electrons. The van der Waals surface area contributed by atoms with Crippen molar-refractivity contribution in [3.8, 4) is 5.69 Å². The van der Waals surface area contributed by atoms with Gasteiger partial charge in [-0.25, -0.2) is 4.68 Å². The molecule has 2 aromatic carbocycles. The van der Waals surface area contributed by atoms with Gasteiger partial charge in [-0.3, -0.25) is 9.59 Å². The normalized spacial score (nSPS) is 10.8. The molecular weight excluding hydrogens is 314 g/mol. The van der Waals surface area contributed by atoms with E-state index in [9.17, 15) is 9.59 Å². The van der Waals surface area contributed by atoms with Crippen molar-refractivity contribution in [1.82, 2.24) is 9.78 Å². The van der Waals surface area contributed by atoms with Gasteiger partial charge in [0.25, 0.3) is 0 Å². The van der Waals surface area contributed by atoms with Gasteiger partial charge in [0.15, 0.2) is 5.78 Å². The van der Waals surface area contributed by atoms with E-state index >= 15 is 0 Å². The number of benzene rings is 2. The lowest BCUT2D eigenvalue weighted by Crippen LogP contribution is -2.05. The minimum absolute atomic E-state index is 0.1000. The predicted molar refractivity (Wildman–Crippen MR) is 97.7 cm³/mol. The number of allylic oxidation sites excluding steroid dienone is 1. The first kappa shape index (κ1) is 16.4. The maximum Gasteiger partial charge on any atom is 0.221 e. The summed E-state index contributed by atoms with van der Waals surface area (Å²) < 4.78 is 1.67. The molecule has 3 rings (SSSR count). The predicted octanol–water partition coefficient (Wildman–Crippen LogP) is 3.73. The summed E-state index contributed by atoms with van der Waals surface area (Å²) in [5, 5.41) is 6.89. The Labute approximate surface area is 145 Å². The standard InChI is InChI=1S/C20H17N3O2/c1-15(24)22-17-10-7-16(8-11-17)9-12-20(25)18-5-2-3-6-19(18)23-14-4-13-21-23/h2-14H,1H3,(H,22,24)/b12-9-. The molecule has 3 aromatic rings. The van der Waals surface area contributed by atoms with Crippen molar-refractivity contribution in [2.45, 2.75) is 6.92 Å². The monoisotopic (exact) mass is 331 g/mol. The number of rotatable bonds is 5. The van der Waals surface area contributed by atoms with Gasteiger partial charge in [0.05, 0.1) is 5.69 Å². The molecule has 1 aromatic heterocycles. The largest absolute Gasteiger partial charge is 0.326 e. The molecule has 0 bridgehead atoms. The number of para-hydroxylation sites is 1. The summed E-state index contributed by atoms with van der Waals surface area (Å²) >= 11 is 0. The van der Waals surface area contributed by atoms with Crippen LogP contribution < -0.4 is 5.32 Å². The average molecular weight is 331 g/mol. The van der Waals surface area contributed by atoms with E-state index in [0.29, 0.717) is 5.56 Å². The van der Waals surface area contributed by atoms with Crippen LogP contribution in [0.15, 0.2) is 73.1 Å². The molecule has 0 aliphatic rings. The maximum atomic E-state index is 12.6. The summed E-state index contributed by atoms with van der Waals surface area (Å²) in [6, 6.07) is 16.4. The number of ketones is 1. The van der Waals surface area contributed by atoms with E-state index in [2.05, 4.69) is 10.4 Å². The van der Waals surface area contributed by atoms with Crippen molar-refractivity contribution >= 4 is 23.5 Å². The quantitative estimate of drug-likeness (QED) is 0.572. The lowest BCUT2D eigenvalue weighted by Gasteiger charge is -2.06. The van der Waals surface area contributed by atoms with Crippen molar-refractivity contribution in [1.29, 1.82) is 0 Å². The highest BCUT2D eigenvalue weighted by atomic mass is 16.1. The van der Waals surface area contributed by atoms with Crippen LogP contribution in [0.5, 0.6) is 0 Å². The third-order valence-electron chi connectivity index (χ3n) is 3.58. The number of nitrogens with one attached hydrogen (secondary N) is 1. The SMILES string of the molecule is CC(=O)Nc1ccc(/C=C\C(=O)c2ccccc2-n2cccn2)cc1. The molecule has 0 radical (unpaired) electrons. The van der Waals surface area contributed by atoms with E-state index in [4.69, 9.17) is 0 Å². The molecule has 1 heterocycles. The summed E-state index contributed by atoms with van der Waals surface area (Å²) in [6.07, 6.45) is 6.76. The van der Waals surface area contributed by atoms with Crippen LogP contribution in [0.4, 0.5) is 5.69 Å². The van der Waals surface area contributed by atoms with E-state index in [1.54, 1.807) is 41.4 Å². The van der Waals surface area contributed by atoms with Crippen molar-refractivity contribution in [2.24, 2.45) is 0 Å². The zero-order valence-corrected chi connectivity index (χ0v) is 13.7. The zero-order chi connectivity index (χ0) is 17.6. The summed E-state index contributed by atoms with van der Waals surface area (Å²) in [5.41, 5.74) is 2.92. The number of carbonyl (C=O) groups excluding carboxylic acids is 2. The molecule has 0 saturated carbocycles. The van der Waals surface area contributed by atoms with Crippen LogP contribution in [0, 0.1) is 0 Å². The number of hydrogen-bond donors (Lipinski definition) is 1. The number of anilines is 1. The first-order chi connectivity index (χ1) is 12.1. The van der Waals surface area contributed by atoms with Crippen molar-refractivity contribution in [3.05, 3.63) is 84.2 Å². The zero-order valence-electron chi connectivity index (χ0n) is 13.7. The Kier molecular flexibility index (Phi) is 4.85. The van der Waals surface area contributed by atoms with Crippen LogP contribution in [-0.4, -0.2) is 21.5 Å². The van der Waals surface area contributed by atoms with Crippen molar-refractivity contribution < 1.29 is 9.59 Å². The summed E-state index contributed by atoms with van der Waals surface area (Å²) in [6.45, 7) is 1.46. The summed E-state index contributed by atoms with van der Waals surface area (Å²) in [4.78, 5) is 23.6. The molecule has 0 saturated heterocycles. The fraction of sp³-hybridized carbons (Fsp3) is 0.0500. The third-order valence-corrected chi connectivity index (χ3v) is 3.58. The molecule has 0 atom stereocenters. The molecule has 0 fully saturated rings. The van der Waals surface area contributed by atoms with Crippen LogP contribution in [0.3, 0.4) is 0 Å². The Balaban J connectivity index is 1.79. The number of hydrogen-bond acceptors (Lipinski definition) is 3. The molecule has 0 unspecified atom stereocenters. The lowest BCUT2D eigenvalue weighted by molar-refractivity contribution is -0.114. The van der Waals surface area contributed by atoms with Gasteiger partial charge in [-0.15, -0.1) is 0 Å². The van der Waals surface area contributed by atoms with Crippen molar-refractivity contribution in [3.63, 3.8) is 0 Å². The van der Waals surface area contributed by atoms with E-state index in [1.165, 1.54) is 13.0 Å². The van der Waals surface area contributed by atoms with E-state index in [1.807, 2.05) is 36.4 Å². The van der Waals surface area contributed by atoms with Crippen molar-refractivity contribution in [2.75, 3.05) is 5.32 Å². The van der Waals surface area contributed by atoms with E-state index < -0.39 is 0 Å². The fourth-order valence-electron chi connectivity index (χ4n) is 2.44. The Morgan fingerprint density at radius 3 is 2.48 bits per heavy atom. The molecule has 5 nitrogen and oxygen atoms in total. The highest BCUT2D eigenvalue weighted by molar-refractivity contribution is 6.09. The molecule has 0 spiro atoms. The van der Waals surface area contributed by atoms with Crippen LogP contribution in [0.1, 0.15) is 22.8 Å². The minimum atomic E-state index is -0.117. The van der Waals surface area contributed by atoms with Crippen LogP contribution >= 0.6 is 0 Å². The van der Waals surface area contributed by atoms with Gasteiger partial charge < -0.3 is 5.32 Å². The third kappa shape index (κ3) is 4.09. The molecule has 5 heteroatoms. The van der Waals surface area contributed by atoms with Crippen LogP contribution in [0.2, 0.25) is 0 Å². The molecule has 0 aliphatic carbocycles. The smallest absolute Gasteiger partial charge is 0.221 e.